The van der Waals surface area contributed by atoms with Crippen LogP contribution in [-0.2, 0) is 20.7 Å². The Bertz CT molecular complexity index is 569. The van der Waals surface area contributed by atoms with Crippen molar-refractivity contribution >= 4 is 11.8 Å². The zero-order chi connectivity index (χ0) is 14.1. The van der Waals surface area contributed by atoms with Crippen LogP contribution in [0.4, 0.5) is 0 Å². The molecule has 0 amide bonds. The molecule has 3 rings (SSSR count). The summed E-state index contributed by atoms with van der Waals surface area (Å²) in [4.78, 5) is 23.6. The van der Waals surface area contributed by atoms with Crippen molar-refractivity contribution in [2.75, 3.05) is 0 Å². The van der Waals surface area contributed by atoms with E-state index in [-0.39, 0.29) is 23.0 Å². The van der Waals surface area contributed by atoms with E-state index in [1.165, 1.54) is 0 Å². The van der Waals surface area contributed by atoms with E-state index in [0.717, 1.165) is 18.4 Å². The van der Waals surface area contributed by atoms with Gasteiger partial charge >= 0.3 is 5.97 Å². The summed E-state index contributed by atoms with van der Waals surface area (Å²) in [5.74, 6) is -1.19. The van der Waals surface area contributed by atoms with Gasteiger partial charge in [-0.25, -0.2) is 4.79 Å². The molecule has 1 heterocycles. The Labute approximate surface area is 117 Å². The standard InChI is InChI=1S/C16H16O4/c17-14(11-7-8-11)13-15(18)12(20-16(13)19)9-6-10-4-2-1-3-5-10/h1-5,11-12,18H,6-9H2. The maximum Gasteiger partial charge on any atom is 0.346 e. The van der Waals surface area contributed by atoms with Crippen LogP contribution in [0.5, 0.6) is 0 Å². The Morgan fingerprint density at radius 2 is 1.95 bits per heavy atom. The summed E-state index contributed by atoms with van der Waals surface area (Å²) < 4.78 is 5.12. The number of aliphatic hydroxyl groups is 1. The van der Waals surface area contributed by atoms with Crippen LogP contribution < -0.4 is 0 Å². The lowest BCUT2D eigenvalue weighted by atomic mass is 10.0. The maximum atomic E-state index is 11.9. The van der Waals surface area contributed by atoms with Gasteiger partial charge in [-0.15, -0.1) is 0 Å². The van der Waals surface area contributed by atoms with Crippen molar-refractivity contribution < 1.29 is 19.4 Å². The molecule has 0 aromatic heterocycles. The molecule has 1 fully saturated rings. The molecular weight excluding hydrogens is 256 g/mol. The van der Waals surface area contributed by atoms with Gasteiger partial charge in [-0.2, -0.15) is 0 Å². The molecule has 4 nitrogen and oxygen atoms in total. The quantitative estimate of drug-likeness (QED) is 0.660. The summed E-state index contributed by atoms with van der Waals surface area (Å²) in [6.07, 6.45) is 2.10. The van der Waals surface area contributed by atoms with Crippen LogP contribution in [-0.4, -0.2) is 23.0 Å². The fourth-order valence-electron chi connectivity index (χ4n) is 2.42. The van der Waals surface area contributed by atoms with Crippen molar-refractivity contribution in [2.24, 2.45) is 5.92 Å². The molecule has 104 valence electrons. The first-order valence-electron chi connectivity index (χ1n) is 6.89. The maximum absolute atomic E-state index is 11.9. The lowest BCUT2D eigenvalue weighted by molar-refractivity contribution is -0.141. The molecular formula is C16H16O4. The SMILES string of the molecule is O=C1OC(CCc2ccccc2)C(O)=C1C(=O)C1CC1. The van der Waals surface area contributed by atoms with Crippen LogP contribution in [0.2, 0.25) is 0 Å². The molecule has 1 N–H and O–H groups in total. The van der Waals surface area contributed by atoms with Crippen LogP contribution in [0.3, 0.4) is 0 Å². The fourth-order valence-corrected chi connectivity index (χ4v) is 2.42. The topological polar surface area (TPSA) is 63.6 Å². The molecule has 0 bridgehead atoms. The van der Waals surface area contributed by atoms with Gasteiger partial charge in [0.2, 0.25) is 0 Å². The molecule has 1 saturated carbocycles. The largest absolute Gasteiger partial charge is 0.507 e. The first kappa shape index (κ1) is 12.9. The van der Waals surface area contributed by atoms with Crippen LogP contribution in [0.15, 0.2) is 41.7 Å². The average molecular weight is 272 g/mol. The van der Waals surface area contributed by atoms with Gasteiger partial charge in [-0.3, -0.25) is 4.79 Å². The number of cyclic esters (lactones) is 1. The molecule has 20 heavy (non-hydrogen) atoms. The Morgan fingerprint density at radius 3 is 2.60 bits per heavy atom. The smallest absolute Gasteiger partial charge is 0.346 e. The van der Waals surface area contributed by atoms with Crippen LogP contribution in [0, 0.1) is 5.92 Å². The van der Waals surface area contributed by atoms with Crippen LogP contribution >= 0.6 is 0 Å². The first-order valence-corrected chi connectivity index (χ1v) is 6.89. The summed E-state index contributed by atoms with van der Waals surface area (Å²) in [5.41, 5.74) is 0.990. The van der Waals surface area contributed by atoms with Gasteiger partial charge in [-0.05, 0) is 31.2 Å². The molecule has 1 aliphatic carbocycles. The number of carbonyl (C=O) groups is 2. The van der Waals surface area contributed by atoms with Crippen LogP contribution in [0.1, 0.15) is 24.8 Å². The van der Waals surface area contributed by atoms with Gasteiger partial charge in [0.25, 0.3) is 0 Å². The monoisotopic (exact) mass is 272 g/mol. The minimum Gasteiger partial charge on any atom is -0.507 e. The lowest BCUT2D eigenvalue weighted by Gasteiger charge is -2.09. The molecule has 2 aliphatic rings. The molecule has 1 atom stereocenters. The number of rotatable bonds is 5. The minimum absolute atomic E-state index is 0.0902. The Hall–Kier alpha value is -2.10. The second-order valence-electron chi connectivity index (χ2n) is 5.32. The molecule has 0 radical (unpaired) electrons. The number of hydrogen-bond donors (Lipinski definition) is 1. The molecule has 1 aliphatic heterocycles. The normalized spacial score (nSPS) is 22.0. The Balaban J connectivity index is 1.69. The number of carbonyl (C=O) groups excluding carboxylic acids is 2. The Morgan fingerprint density at radius 1 is 1.25 bits per heavy atom. The highest BCUT2D eigenvalue weighted by Crippen LogP contribution is 2.36. The summed E-state index contributed by atoms with van der Waals surface area (Å²) in [6.45, 7) is 0. The van der Waals surface area contributed by atoms with E-state index >= 15 is 0 Å². The summed E-state index contributed by atoms with van der Waals surface area (Å²) >= 11 is 0. The minimum atomic E-state index is -0.680. The Kier molecular flexibility index (Phi) is 3.30. The number of ketones is 1. The highest BCUT2D eigenvalue weighted by atomic mass is 16.6. The predicted molar refractivity (Wildman–Crippen MR) is 72.0 cm³/mol. The van der Waals surface area contributed by atoms with Gasteiger partial charge in [-0.1, -0.05) is 30.3 Å². The summed E-state index contributed by atoms with van der Waals surface area (Å²) in [6, 6.07) is 9.77. The van der Waals surface area contributed by atoms with Crippen molar-refractivity contribution in [3.8, 4) is 0 Å². The number of esters is 1. The first-order chi connectivity index (χ1) is 9.66. The van der Waals surface area contributed by atoms with E-state index in [0.29, 0.717) is 12.8 Å². The molecule has 1 unspecified atom stereocenters. The molecule has 1 aromatic rings. The number of benzene rings is 1. The zero-order valence-electron chi connectivity index (χ0n) is 11.0. The van der Waals surface area contributed by atoms with E-state index in [2.05, 4.69) is 0 Å². The van der Waals surface area contributed by atoms with E-state index in [1.54, 1.807) is 0 Å². The van der Waals surface area contributed by atoms with Crippen molar-refractivity contribution in [1.82, 2.24) is 0 Å². The number of aryl methyl sites for hydroxylation is 1. The van der Waals surface area contributed by atoms with Gasteiger partial charge in [0.15, 0.2) is 17.6 Å². The third-order valence-electron chi connectivity index (χ3n) is 3.75. The third-order valence-corrected chi connectivity index (χ3v) is 3.75. The lowest BCUT2D eigenvalue weighted by Crippen LogP contribution is -2.13. The average Bonchev–Trinajstić information content (AvgIpc) is 3.25. The van der Waals surface area contributed by atoms with E-state index < -0.39 is 12.1 Å². The molecule has 4 heteroatoms. The van der Waals surface area contributed by atoms with Crippen molar-refractivity contribution in [3.05, 3.63) is 47.2 Å². The molecule has 0 spiro atoms. The predicted octanol–water partition coefficient (Wildman–Crippen LogP) is 2.34. The van der Waals surface area contributed by atoms with E-state index in [1.807, 2.05) is 30.3 Å². The van der Waals surface area contributed by atoms with Crippen molar-refractivity contribution in [2.45, 2.75) is 31.8 Å². The van der Waals surface area contributed by atoms with Gasteiger partial charge < -0.3 is 9.84 Å². The van der Waals surface area contributed by atoms with E-state index in [4.69, 9.17) is 4.74 Å². The summed E-state index contributed by atoms with van der Waals surface area (Å²) in [5, 5.41) is 10.1. The number of ether oxygens (including phenoxy) is 1. The third kappa shape index (κ3) is 2.46. The number of hydrogen-bond acceptors (Lipinski definition) is 4. The number of aliphatic hydroxyl groups excluding tert-OH is 1. The highest BCUT2D eigenvalue weighted by Gasteiger charge is 2.43. The fraction of sp³-hybridized carbons (Fsp3) is 0.375. The second kappa shape index (κ2) is 5.12. The highest BCUT2D eigenvalue weighted by molar-refractivity contribution is 6.20. The van der Waals surface area contributed by atoms with E-state index in [9.17, 15) is 14.7 Å². The van der Waals surface area contributed by atoms with Gasteiger partial charge in [0.1, 0.15) is 5.57 Å². The molecule has 0 saturated heterocycles. The molecule has 1 aromatic carbocycles. The van der Waals surface area contributed by atoms with Crippen LogP contribution in [0.25, 0.3) is 0 Å². The van der Waals surface area contributed by atoms with Crippen molar-refractivity contribution in [1.29, 1.82) is 0 Å². The summed E-state index contributed by atoms with van der Waals surface area (Å²) in [7, 11) is 0. The number of Topliss-reactive ketones (excluding diaryl/α,β-unsaturated/α-hetero) is 1. The van der Waals surface area contributed by atoms with Gasteiger partial charge in [0, 0.05) is 5.92 Å². The van der Waals surface area contributed by atoms with Gasteiger partial charge in [0.05, 0.1) is 0 Å². The second-order valence-corrected chi connectivity index (χ2v) is 5.32. The van der Waals surface area contributed by atoms with Crippen molar-refractivity contribution in [3.63, 3.8) is 0 Å². The zero-order valence-corrected chi connectivity index (χ0v) is 11.0.